The van der Waals surface area contributed by atoms with Gasteiger partial charge in [0.05, 0.1) is 16.8 Å². The first-order valence-corrected chi connectivity index (χ1v) is 8.87. The third-order valence-corrected chi connectivity index (χ3v) is 5.18. The van der Waals surface area contributed by atoms with Crippen molar-refractivity contribution in [1.29, 1.82) is 0 Å². The lowest BCUT2D eigenvalue weighted by atomic mass is 9.80. The summed E-state index contributed by atoms with van der Waals surface area (Å²) in [6.45, 7) is 11.7. The molecule has 0 amide bonds. The fourth-order valence-corrected chi connectivity index (χ4v) is 2.58. The quantitative estimate of drug-likeness (QED) is 0.517. The molecule has 5 nitrogen and oxygen atoms in total. The molecule has 0 saturated carbocycles. The Balaban J connectivity index is 3.91. The predicted molar refractivity (Wildman–Crippen MR) is 97.3 cm³/mol. The van der Waals surface area contributed by atoms with Gasteiger partial charge in [-0.2, -0.15) is 0 Å². The minimum atomic E-state index is -1.27. The van der Waals surface area contributed by atoms with Crippen molar-refractivity contribution in [2.45, 2.75) is 84.5 Å². The van der Waals surface area contributed by atoms with Crippen LogP contribution in [0, 0.1) is 0 Å². The molecule has 3 unspecified atom stereocenters. The van der Waals surface area contributed by atoms with E-state index >= 15 is 0 Å². The lowest BCUT2D eigenvalue weighted by Gasteiger charge is -2.33. The Morgan fingerprint density at radius 3 is 1.52 bits per heavy atom. The van der Waals surface area contributed by atoms with Crippen molar-refractivity contribution < 1.29 is 24.9 Å². The van der Waals surface area contributed by atoms with E-state index in [-0.39, 0.29) is 5.75 Å². The van der Waals surface area contributed by atoms with E-state index in [1.54, 1.807) is 32.9 Å². The molecule has 1 aromatic rings. The van der Waals surface area contributed by atoms with Crippen LogP contribution in [0.2, 0.25) is 0 Å². The van der Waals surface area contributed by atoms with Gasteiger partial charge in [-0.05, 0) is 57.7 Å². The fourth-order valence-electron chi connectivity index (χ4n) is 2.58. The monoisotopic (exact) mass is 352 g/mol. The van der Waals surface area contributed by atoms with Crippen molar-refractivity contribution >= 4 is 5.97 Å². The largest absolute Gasteiger partial charge is 0.426 e. The molecule has 0 spiro atoms. The first kappa shape index (κ1) is 21.6. The topological polar surface area (TPSA) is 87.0 Å². The van der Waals surface area contributed by atoms with Gasteiger partial charge in [-0.3, -0.25) is 4.79 Å². The highest BCUT2D eigenvalue weighted by Gasteiger charge is 2.36. The summed E-state index contributed by atoms with van der Waals surface area (Å²) in [5, 5.41) is 32.4. The Labute approximate surface area is 150 Å². The first-order chi connectivity index (χ1) is 11.3. The van der Waals surface area contributed by atoms with Gasteiger partial charge in [0.1, 0.15) is 5.75 Å². The van der Waals surface area contributed by atoms with Crippen LogP contribution < -0.4 is 4.74 Å². The minimum absolute atomic E-state index is 0.168. The summed E-state index contributed by atoms with van der Waals surface area (Å²) >= 11 is 0. The molecule has 0 bridgehead atoms. The summed E-state index contributed by atoms with van der Waals surface area (Å²) in [4.78, 5) is 11.7. The van der Waals surface area contributed by atoms with Gasteiger partial charge in [0, 0.05) is 18.1 Å². The molecule has 0 radical (unpaired) electrons. The molecule has 1 aromatic carbocycles. The second kappa shape index (κ2) is 7.44. The SMILES string of the molecule is CCC(C)(O)c1cc(C(C)(O)CC)c(OC(C)=O)c(C(C)(O)CC)c1. The molecular weight excluding hydrogens is 320 g/mol. The number of esters is 1. The van der Waals surface area contributed by atoms with E-state index in [1.807, 2.05) is 20.8 Å². The zero-order chi connectivity index (χ0) is 19.6. The maximum Gasteiger partial charge on any atom is 0.308 e. The Morgan fingerprint density at radius 1 is 0.880 bits per heavy atom. The molecule has 0 aliphatic heterocycles. The number of hydrogen-bond acceptors (Lipinski definition) is 5. The van der Waals surface area contributed by atoms with Crippen LogP contribution >= 0.6 is 0 Å². The summed E-state index contributed by atoms with van der Waals surface area (Å²) in [6.07, 6.45) is 1.22. The smallest absolute Gasteiger partial charge is 0.308 e. The average Bonchev–Trinajstić information content (AvgIpc) is 2.53. The summed E-state index contributed by atoms with van der Waals surface area (Å²) in [5.41, 5.74) is -2.34. The van der Waals surface area contributed by atoms with Crippen LogP contribution in [0.3, 0.4) is 0 Å². The molecule has 0 fully saturated rings. The molecule has 0 saturated heterocycles. The zero-order valence-electron chi connectivity index (χ0n) is 16.4. The molecule has 1 rings (SSSR count). The number of carbonyl (C=O) groups excluding carboxylic acids is 1. The van der Waals surface area contributed by atoms with Crippen LogP contribution in [0.5, 0.6) is 5.75 Å². The highest BCUT2D eigenvalue weighted by atomic mass is 16.5. The number of benzene rings is 1. The number of aliphatic hydroxyl groups is 3. The fraction of sp³-hybridized carbons (Fsp3) is 0.650. The molecule has 3 N–H and O–H groups in total. The minimum Gasteiger partial charge on any atom is -0.426 e. The van der Waals surface area contributed by atoms with Gasteiger partial charge in [0.15, 0.2) is 0 Å². The van der Waals surface area contributed by atoms with E-state index in [0.29, 0.717) is 36.0 Å². The summed E-state index contributed by atoms with van der Waals surface area (Å²) in [6, 6.07) is 3.33. The van der Waals surface area contributed by atoms with Crippen LogP contribution in [0.15, 0.2) is 12.1 Å². The lowest BCUT2D eigenvalue weighted by molar-refractivity contribution is -0.132. The highest BCUT2D eigenvalue weighted by molar-refractivity contribution is 5.71. The maximum atomic E-state index is 11.7. The van der Waals surface area contributed by atoms with Gasteiger partial charge in [-0.25, -0.2) is 0 Å². The van der Waals surface area contributed by atoms with E-state index in [4.69, 9.17) is 4.74 Å². The van der Waals surface area contributed by atoms with Crippen molar-refractivity contribution in [1.82, 2.24) is 0 Å². The van der Waals surface area contributed by atoms with Crippen molar-refractivity contribution in [3.8, 4) is 5.75 Å². The highest BCUT2D eigenvalue weighted by Crippen LogP contribution is 2.43. The maximum absolute atomic E-state index is 11.7. The zero-order valence-corrected chi connectivity index (χ0v) is 16.4. The Hall–Kier alpha value is -1.43. The van der Waals surface area contributed by atoms with Gasteiger partial charge >= 0.3 is 5.97 Å². The first-order valence-electron chi connectivity index (χ1n) is 8.87. The normalized spacial score (nSPS) is 18.8. The number of carbonyl (C=O) groups is 1. The predicted octanol–water partition coefficient (Wildman–Crippen LogP) is 3.46. The van der Waals surface area contributed by atoms with Crippen LogP contribution in [0.25, 0.3) is 0 Å². The van der Waals surface area contributed by atoms with Crippen LogP contribution in [-0.2, 0) is 21.6 Å². The average molecular weight is 352 g/mol. The molecule has 142 valence electrons. The van der Waals surface area contributed by atoms with Gasteiger partial charge in [0.2, 0.25) is 0 Å². The van der Waals surface area contributed by atoms with E-state index in [2.05, 4.69) is 0 Å². The Kier molecular flexibility index (Phi) is 6.43. The van der Waals surface area contributed by atoms with Crippen LogP contribution in [-0.4, -0.2) is 21.3 Å². The molecule has 5 heteroatoms. The second-order valence-electron chi connectivity index (χ2n) is 7.38. The van der Waals surface area contributed by atoms with Crippen molar-refractivity contribution in [3.05, 3.63) is 28.8 Å². The number of hydrogen-bond donors (Lipinski definition) is 3. The van der Waals surface area contributed by atoms with Crippen molar-refractivity contribution in [3.63, 3.8) is 0 Å². The second-order valence-corrected chi connectivity index (χ2v) is 7.38. The molecular formula is C20H32O5. The Morgan fingerprint density at radius 2 is 1.24 bits per heavy atom. The lowest BCUT2D eigenvalue weighted by Crippen LogP contribution is -2.29. The summed E-state index contributed by atoms with van der Waals surface area (Å²) < 4.78 is 5.41. The third kappa shape index (κ3) is 4.60. The van der Waals surface area contributed by atoms with Crippen molar-refractivity contribution in [2.75, 3.05) is 0 Å². The molecule has 0 aliphatic carbocycles. The molecule has 0 heterocycles. The van der Waals surface area contributed by atoms with E-state index < -0.39 is 22.8 Å². The summed E-state index contributed by atoms with van der Waals surface area (Å²) in [7, 11) is 0. The summed E-state index contributed by atoms with van der Waals surface area (Å²) in [5.74, 6) is -0.363. The van der Waals surface area contributed by atoms with E-state index in [1.165, 1.54) is 6.92 Å². The third-order valence-electron chi connectivity index (χ3n) is 5.18. The Bertz CT molecular complexity index is 592. The number of rotatable bonds is 7. The van der Waals surface area contributed by atoms with Gasteiger partial charge in [-0.15, -0.1) is 0 Å². The molecule has 25 heavy (non-hydrogen) atoms. The molecule has 0 aliphatic rings. The van der Waals surface area contributed by atoms with Gasteiger partial charge in [-0.1, -0.05) is 20.8 Å². The van der Waals surface area contributed by atoms with Crippen molar-refractivity contribution in [2.24, 2.45) is 0 Å². The van der Waals surface area contributed by atoms with E-state index in [0.717, 1.165) is 0 Å². The van der Waals surface area contributed by atoms with Gasteiger partial charge in [0.25, 0.3) is 0 Å². The van der Waals surface area contributed by atoms with Gasteiger partial charge < -0.3 is 20.1 Å². The standard InChI is InChI=1S/C20H32O5/c1-8-18(5,22)14-11-15(19(6,23)9-2)17(25-13(4)21)16(12-14)20(7,24)10-3/h11-12,22-24H,8-10H2,1-7H3. The van der Waals surface area contributed by atoms with Crippen LogP contribution in [0.4, 0.5) is 0 Å². The molecule has 3 atom stereocenters. The molecule has 0 aromatic heterocycles. The van der Waals surface area contributed by atoms with E-state index in [9.17, 15) is 20.1 Å². The van der Waals surface area contributed by atoms with Crippen LogP contribution in [0.1, 0.15) is 84.4 Å². The number of ether oxygens (including phenoxy) is 1.